The van der Waals surface area contributed by atoms with Gasteiger partial charge in [-0.25, -0.2) is 21.1 Å². The summed E-state index contributed by atoms with van der Waals surface area (Å²) >= 11 is 0. The average molecular weight is 540 g/mol. The van der Waals surface area contributed by atoms with Crippen LogP contribution in [0.4, 0.5) is 5.69 Å². The molecular formula is C24H33N3O7S2. The predicted molar refractivity (Wildman–Crippen MR) is 136 cm³/mol. The number of nitrogens with one attached hydrogen (secondary N) is 1. The number of carbonyl (C=O) groups excluding carboxylic acids is 1. The van der Waals surface area contributed by atoms with Crippen LogP contribution in [0.1, 0.15) is 31.2 Å². The summed E-state index contributed by atoms with van der Waals surface area (Å²) in [6.07, 6.45) is 2.86. The van der Waals surface area contributed by atoms with Crippen LogP contribution in [0.2, 0.25) is 0 Å². The highest BCUT2D eigenvalue weighted by Crippen LogP contribution is 2.31. The van der Waals surface area contributed by atoms with Gasteiger partial charge in [-0.3, -0.25) is 4.79 Å². The van der Waals surface area contributed by atoms with Crippen LogP contribution >= 0.6 is 0 Å². The Balaban J connectivity index is 1.77. The zero-order valence-electron chi connectivity index (χ0n) is 21.0. The van der Waals surface area contributed by atoms with E-state index in [4.69, 9.17) is 9.47 Å². The van der Waals surface area contributed by atoms with Gasteiger partial charge in [0.25, 0.3) is 0 Å². The van der Waals surface area contributed by atoms with E-state index < -0.39 is 20.0 Å². The number of hydrogen-bond acceptors (Lipinski definition) is 7. The largest absolute Gasteiger partial charge is 0.496 e. The highest BCUT2D eigenvalue weighted by Gasteiger charge is 2.29. The summed E-state index contributed by atoms with van der Waals surface area (Å²) in [5.41, 5.74) is 0.894. The number of methoxy groups -OCH3 is 2. The molecule has 0 aromatic heterocycles. The number of amides is 1. The Morgan fingerprint density at radius 3 is 2.19 bits per heavy atom. The van der Waals surface area contributed by atoms with E-state index in [2.05, 4.69) is 5.32 Å². The lowest BCUT2D eigenvalue weighted by Gasteiger charge is -2.26. The molecule has 1 saturated heterocycles. The molecule has 1 fully saturated rings. The molecule has 10 nitrogen and oxygen atoms in total. The monoisotopic (exact) mass is 539 g/mol. The molecule has 0 spiro atoms. The molecule has 3 rings (SSSR count). The minimum absolute atomic E-state index is 0.00737. The van der Waals surface area contributed by atoms with Crippen molar-refractivity contribution in [2.24, 2.45) is 0 Å². The van der Waals surface area contributed by atoms with E-state index in [0.29, 0.717) is 30.1 Å². The molecule has 0 radical (unpaired) electrons. The Bertz CT molecular complexity index is 1300. The Morgan fingerprint density at radius 2 is 1.58 bits per heavy atom. The average Bonchev–Trinajstić information content (AvgIpc) is 2.87. The van der Waals surface area contributed by atoms with Gasteiger partial charge in [0, 0.05) is 39.3 Å². The molecule has 198 valence electrons. The Kier molecular flexibility index (Phi) is 8.98. The second-order valence-electron chi connectivity index (χ2n) is 8.64. The second kappa shape index (κ2) is 11.6. The first-order valence-electron chi connectivity index (χ1n) is 11.6. The summed E-state index contributed by atoms with van der Waals surface area (Å²) in [6, 6.07) is 9.02. The molecule has 36 heavy (non-hydrogen) atoms. The van der Waals surface area contributed by atoms with Crippen molar-refractivity contribution in [2.45, 2.75) is 41.9 Å². The first-order valence-corrected chi connectivity index (χ1v) is 14.5. The topological polar surface area (TPSA) is 122 Å². The SMILES string of the molecule is COc1ccc(S(=O)(=O)N(C)C)cc1CCC(=O)Nc1ccc(OC)c(S(=O)(=O)N2CCCCC2)c1. The number of nitrogens with zero attached hydrogens (tertiary/aromatic N) is 2. The number of carbonyl (C=O) groups is 1. The molecule has 0 bridgehead atoms. The van der Waals surface area contributed by atoms with Crippen LogP contribution in [-0.2, 0) is 31.3 Å². The van der Waals surface area contributed by atoms with Crippen molar-refractivity contribution in [2.75, 3.05) is 46.7 Å². The van der Waals surface area contributed by atoms with Crippen molar-refractivity contribution < 1.29 is 31.1 Å². The Hall–Kier alpha value is -2.67. The van der Waals surface area contributed by atoms with Gasteiger partial charge in [0.05, 0.1) is 19.1 Å². The van der Waals surface area contributed by atoms with Crippen molar-refractivity contribution in [3.8, 4) is 11.5 Å². The molecule has 1 amide bonds. The summed E-state index contributed by atoms with van der Waals surface area (Å²) in [4.78, 5) is 12.8. The molecule has 1 aliphatic heterocycles. The number of piperidine rings is 1. The fraction of sp³-hybridized carbons (Fsp3) is 0.458. The van der Waals surface area contributed by atoms with Gasteiger partial charge in [-0.15, -0.1) is 0 Å². The maximum Gasteiger partial charge on any atom is 0.246 e. The van der Waals surface area contributed by atoms with Gasteiger partial charge in [-0.05, 0) is 61.2 Å². The van der Waals surface area contributed by atoms with Crippen LogP contribution < -0.4 is 14.8 Å². The summed E-state index contributed by atoms with van der Waals surface area (Å²) in [5.74, 6) is 0.325. The first-order chi connectivity index (χ1) is 17.0. The molecule has 0 atom stereocenters. The number of anilines is 1. The van der Waals surface area contributed by atoms with E-state index in [9.17, 15) is 21.6 Å². The van der Waals surface area contributed by atoms with E-state index in [1.807, 2.05) is 0 Å². The third-order valence-electron chi connectivity index (χ3n) is 6.03. The number of hydrogen-bond donors (Lipinski definition) is 1. The van der Waals surface area contributed by atoms with Crippen LogP contribution in [0.5, 0.6) is 11.5 Å². The van der Waals surface area contributed by atoms with Crippen molar-refractivity contribution in [1.82, 2.24) is 8.61 Å². The van der Waals surface area contributed by atoms with Gasteiger partial charge in [0.15, 0.2) is 0 Å². The smallest absolute Gasteiger partial charge is 0.246 e. The van der Waals surface area contributed by atoms with E-state index >= 15 is 0 Å². The number of aryl methyl sites for hydroxylation is 1. The zero-order chi connectivity index (χ0) is 26.5. The third kappa shape index (κ3) is 6.17. The van der Waals surface area contributed by atoms with Gasteiger partial charge in [0.2, 0.25) is 26.0 Å². The predicted octanol–water partition coefficient (Wildman–Crippen LogP) is 2.70. The summed E-state index contributed by atoms with van der Waals surface area (Å²) in [6.45, 7) is 0.902. The quantitative estimate of drug-likeness (QED) is 0.493. The second-order valence-corrected chi connectivity index (χ2v) is 12.7. The molecule has 0 unspecified atom stereocenters. The third-order valence-corrected chi connectivity index (χ3v) is 9.76. The van der Waals surface area contributed by atoms with E-state index in [-0.39, 0.29) is 34.3 Å². The minimum atomic E-state index is -3.77. The Morgan fingerprint density at radius 1 is 0.944 bits per heavy atom. The van der Waals surface area contributed by atoms with Gasteiger partial charge in [-0.2, -0.15) is 4.31 Å². The normalized spacial score (nSPS) is 15.0. The highest BCUT2D eigenvalue weighted by molar-refractivity contribution is 7.89. The standard InChI is InChI=1S/C24H33N3O7S2/c1-26(2)35(29,30)20-10-12-21(33-3)18(16-20)8-13-24(28)25-19-9-11-22(34-4)23(17-19)36(31,32)27-14-6-5-7-15-27/h9-12,16-17H,5-8,13-15H2,1-4H3,(H,25,28). The van der Waals surface area contributed by atoms with Crippen LogP contribution in [0.3, 0.4) is 0 Å². The van der Waals surface area contributed by atoms with Crippen LogP contribution in [-0.4, -0.2) is 72.8 Å². The molecule has 0 saturated carbocycles. The van der Waals surface area contributed by atoms with Crippen molar-refractivity contribution in [3.05, 3.63) is 42.0 Å². The Labute approximate surface area is 213 Å². The molecule has 0 aliphatic carbocycles. The number of benzene rings is 2. The number of ether oxygens (including phenoxy) is 2. The minimum Gasteiger partial charge on any atom is -0.496 e. The van der Waals surface area contributed by atoms with E-state index in [0.717, 1.165) is 23.6 Å². The first kappa shape index (κ1) is 27.9. The van der Waals surface area contributed by atoms with Gasteiger partial charge >= 0.3 is 0 Å². The van der Waals surface area contributed by atoms with Crippen LogP contribution in [0.25, 0.3) is 0 Å². The zero-order valence-corrected chi connectivity index (χ0v) is 22.6. The van der Waals surface area contributed by atoms with Gasteiger partial charge in [-0.1, -0.05) is 6.42 Å². The highest BCUT2D eigenvalue weighted by atomic mass is 32.2. The lowest BCUT2D eigenvalue weighted by atomic mass is 10.1. The van der Waals surface area contributed by atoms with Crippen LogP contribution in [0.15, 0.2) is 46.2 Å². The summed E-state index contributed by atoms with van der Waals surface area (Å²) < 4.78 is 64.6. The fourth-order valence-electron chi connectivity index (χ4n) is 3.99. The van der Waals surface area contributed by atoms with Gasteiger partial charge in [0.1, 0.15) is 16.4 Å². The molecule has 2 aromatic carbocycles. The number of rotatable bonds is 10. The molecule has 1 heterocycles. The van der Waals surface area contributed by atoms with Crippen molar-refractivity contribution in [3.63, 3.8) is 0 Å². The van der Waals surface area contributed by atoms with Gasteiger partial charge < -0.3 is 14.8 Å². The van der Waals surface area contributed by atoms with E-state index in [1.54, 1.807) is 12.1 Å². The van der Waals surface area contributed by atoms with Crippen molar-refractivity contribution in [1.29, 1.82) is 0 Å². The van der Waals surface area contributed by atoms with Crippen molar-refractivity contribution >= 4 is 31.6 Å². The maximum absolute atomic E-state index is 13.2. The molecular weight excluding hydrogens is 506 g/mol. The summed E-state index contributed by atoms with van der Waals surface area (Å²) in [5, 5.41) is 2.73. The maximum atomic E-state index is 13.2. The fourth-order valence-corrected chi connectivity index (χ4v) is 6.65. The molecule has 2 aromatic rings. The van der Waals surface area contributed by atoms with Crippen LogP contribution in [0, 0.1) is 0 Å². The molecule has 1 aliphatic rings. The molecule has 12 heteroatoms. The van der Waals surface area contributed by atoms with E-state index in [1.165, 1.54) is 56.9 Å². The molecule has 1 N–H and O–H groups in total. The lowest BCUT2D eigenvalue weighted by molar-refractivity contribution is -0.116. The summed E-state index contributed by atoms with van der Waals surface area (Å²) in [7, 11) is -1.65. The lowest BCUT2D eigenvalue weighted by Crippen LogP contribution is -2.35. The number of sulfonamides is 2.